The van der Waals surface area contributed by atoms with Crippen LogP contribution in [0.15, 0.2) is 18.2 Å². The van der Waals surface area contributed by atoms with Crippen LogP contribution in [0.2, 0.25) is 0 Å². The van der Waals surface area contributed by atoms with Gasteiger partial charge in [-0.2, -0.15) is 0 Å². The third-order valence-corrected chi connectivity index (χ3v) is 4.04. The molecule has 0 N–H and O–H groups in total. The minimum Gasteiger partial charge on any atom is -0.492 e. The molecule has 1 spiro atoms. The second kappa shape index (κ2) is 3.01. The summed E-state index contributed by atoms with van der Waals surface area (Å²) in [5.41, 5.74) is 3.27. The molecule has 1 aromatic rings. The van der Waals surface area contributed by atoms with E-state index in [1.165, 1.54) is 36.1 Å². The summed E-state index contributed by atoms with van der Waals surface area (Å²) in [7, 11) is 0. The number of ether oxygens (including phenoxy) is 1. The van der Waals surface area contributed by atoms with E-state index in [-0.39, 0.29) is 0 Å². The van der Waals surface area contributed by atoms with Gasteiger partial charge in [0.05, 0.1) is 6.61 Å². The van der Waals surface area contributed by atoms with E-state index in [1.54, 1.807) is 0 Å². The van der Waals surface area contributed by atoms with Gasteiger partial charge < -0.3 is 4.74 Å². The zero-order chi connectivity index (χ0) is 10.5. The summed E-state index contributed by atoms with van der Waals surface area (Å²) in [6, 6.07) is 6.68. The lowest BCUT2D eigenvalue weighted by Gasteiger charge is -2.36. The Bertz CT molecular complexity index is 388. The van der Waals surface area contributed by atoms with Crippen LogP contribution in [0.1, 0.15) is 50.2 Å². The number of hydrogen-bond donors (Lipinski definition) is 0. The molecule has 1 nitrogen and oxygen atoms in total. The van der Waals surface area contributed by atoms with Crippen molar-refractivity contribution in [1.82, 2.24) is 0 Å². The van der Waals surface area contributed by atoms with Gasteiger partial charge in [-0.3, -0.25) is 0 Å². The van der Waals surface area contributed by atoms with Crippen LogP contribution in [0.25, 0.3) is 0 Å². The maximum absolute atomic E-state index is 5.95. The summed E-state index contributed by atoms with van der Waals surface area (Å²) in [5.74, 6) is 1.77. The molecule has 2 aliphatic rings. The van der Waals surface area contributed by atoms with Crippen molar-refractivity contribution in [2.75, 3.05) is 6.61 Å². The predicted octanol–water partition coefficient (Wildman–Crippen LogP) is 3.62. The quantitative estimate of drug-likeness (QED) is 0.675. The number of para-hydroxylation sites is 1. The van der Waals surface area contributed by atoms with Crippen molar-refractivity contribution in [2.45, 2.75) is 44.4 Å². The van der Waals surface area contributed by atoms with E-state index in [2.05, 4.69) is 32.0 Å². The van der Waals surface area contributed by atoms with Crippen LogP contribution in [0, 0.1) is 0 Å². The van der Waals surface area contributed by atoms with Crippen molar-refractivity contribution in [3.8, 4) is 5.75 Å². The second-order valence-electron chi connectivity index (χ2n) is 5.30. The molecule has 1 heteroatoms. The Kier molecular flexibility index (Phi) is 1.86. The smallest absolute Gasteiger partial charge is 0.126 e. The van der Waals surface area contributed by atoms with Crippen molar-refractivity contribution in [3.63, 3.8) is 0 Å². The number of fused-ring (bicyclic) bond motifs is 2. The van der Waals surface area contributed by atoms with Crippen LogP contribution >= 0.6 is 0 Å². The number of benzene rings is 1. The highest BCUT2D eigenvalue weighted by Crippen LogP contribution is 2.53. The highest BCUT2D eigenvalue weighted by molar-refractivity contribution is 5.51. The first-order valence-corrected chi connectivity index (χ1v) is 5.99. The summed E-state index contributed by atoms with van der Waals surface area (Å²) in [6.45, 7) is 5.40. The topological polar surface area (TPSA) is 9.23 Å². The van der Waals surface area contributed by atoms with Gasteiger partial charge >= 0.3 is 0 Å². The lowest BCUT2D eigenvalue weighted by molar-refractivity contribution is 0.177. The molecule has 1 aliphatic carbocycles. The molecule has 15 heavy (non-hydrogen) atoms. The SMILES string of the molecule is CC(C)c1cccc2c1OCC21CCC1. The fourth-order valence-electron chi connectivity index (χ4n) is 2.89. The summed E-state index contributed by atoms with van der Waals surface area (Å²) in [4.78, 5) is 0. The largest absolute Gasteiger partial charge is 0.492 e. The first kappa shape index (κ1) is 9.26. The van der Waals surface area contributed by atoms with Crippen LogP contribution in [-0.2, 0) is 5.41 Å². The van der Waals surface area contributed by atoms with Gasteiger partial charge in [-0.15, -0.1) is 0 Å². The van der Waals surface area contributed by atoms with Gasteiger partial charge in [-0.25, -0.2) is 0 Å². The molecule has 0 saturated heterocycles. The minimum absolute atomic E-state index is 0.403. The molecule has 1 saturated carbocycles. The Labute approximate surface area is 91.5 Å². The highest BCUT2D eigenvalue weighted by Gasteiger charge is 2.46. The first-order valence-electron chi connectivity index (χ1n) is 5.99. The Morgan fingerprint density at radius 1 is 1.27 bits per heavy atom. The Hall–Kier alpha value is -0.980. The average molecular weight is 202 g/mol. The molecule has 3 rings (SSSR count). The zero-order valence-corrected chi connectivity index (χ0v) is 9.55. The van der Waals surface area contributed by atoms with E-state index in [9.17, 15) is 0 Å². The molecule has 1 aromatic carbocycles. The van der Waals surface area contributed by atoms with Crippen LogP contribution in [0.5, 0.6) is 5.75 Å². The molecule has 0 aromatic heterocycles. The maximum atomic E-state index is 5.95. The zero-order valence-electron chi connectivity index (χ0n) is 9.55. The molecular weight excluding hydrogens is 184 g/mol. The second-order valence-corrected chi connectivity index (χ2v) is 5.30. The standard InChI is InChI=1S/C14H18O/c1-10(2)11-5-3-6-12-13(11)15-9-14(12)7-4-8-14/h3,5-6,10H,4,7-9H2,1-2H3. The third kappa shape index (κ3) is 1.15. The molecule has 0 amide bonds. The summed E-state index contributed by atoms with van der Waals surface area (Å²) < 4.78 is 5.95. The van der Waals surface area contributed by atoms with Gasteiger partial charge in [0, 0.05) is 11.0 Å². The summed E-state index contributed by atoms with van der Waals surface area (Å²) >= 11 is 0. The van der Waals surface area contributed by atoms with Gasteiger partial charge in [0.15, 0.2) is 0 Å². The van der Waals surface area contributed by atoms with Gasteiger partial charge in [-0.05, 0) is 24.3 Å². The van der Waals surface area contributed by atoms with E-state index in [1.807, 2.05) is 0 Å². The molecule has 0 unspecified atom stereocenters. The highest BCUT2D eigenvalue weighted by atomic mass is 16.5. The van der Waals surface area contributed by atoms with Crippen molar-refractivity contribution < 1.29 is 4.74 Å². The van der Waals surface area contributed by atoms with Crippen LogP contribution in [0.3, 0.4) is 0 Å². The van der Waals surface area contributed by atoms with E-state index < -0.39 is 0 Å². The molecule has 0 radical (unpaired) electrons. The summed E-state index contributed by atoms with van der Waals surface area (Å²) in [5, 5.41) is 0. The lowest BCUT2D eigenvalue weighted by Crippen LogP contribution is -2.35. The number of rotatable bonds is 1. The van der Waals surface area contributed by atoms with Gasteiger partial charge in [0.25, 0.3) is 0 Å². The van der Waals surface area contributed by atoms with Gasteiger partial charge in [0.1, 0.15) is 5.75 Å². The molecule has 1 aliphatic heterocycles. The van der Waals surface area contributed by atoms with Crippen LogP contribution in [0.4, 0.5) is 0 Å². The van der Waals surface area contributed by atoms with E-state index in [4.69, 9.17) is 4.74 Å². The fourth-order valence-corrected chi connectivity index (χ4v) is 2.89. The molecule has 1 fully saturated rings. The Morgan fingerprint density at radius 2 is 2.07 bits per heavy atom. The van der Waals surface area contributed by atoms with Crippen LogP contribution in [-0.4, -0.2) is 6.61 Å². The van der Waals surface area contributed by atoms with Gasteiger partial charge in [0.2, 0.25) is 0 Å². The normalized spacial score (nSPS) is 21.3. The van der Waals surface area contributed by atoms with Crippen molar-refractivity contribution >= 4 is 0 Å². The molecule has 80 valence electrons. The first-order chi connectivity index (χ1) is 7.23. The van der Waals surface area contributed by atoms with Crippen molar-refractivity contribution in [1.29, 1.82) is 0 Å². The van der Waals surface area contributed by atoms with Crippen molar-refractivity contribution in [2.24, 2.45) is 0 Å². The predicted molar refractivity (Wildman–Crippen MR) is 61.6 cm³/mol. The van der Waals surface area contributed by atoms with Gasteiger partial charge in [-0.1, -0.05) is 38.5 Å². The maximum Gasteiger partial charge on any atom is 0.126 e. The van der Waals surface area contributed by atoms with E-state index in [0.717, 1.165) is 6.61 Å². The lowest BCUT2D eigenvalue weighted by atomic mass is 9.65. The molecule has 0 atom stereocenters. The molecule has 0 bridgehead atoms. The Morgan fingerprint density at radius 3 is 2.67 bits per heavy atom. The minimum atomic E-state index is 0.403. The number of hydrogen-bond acceptors (Lipinski definition) is 1. The monoisotopic (exact) mass is 202 g/mol. The summed E-state index contributed by atoms with van der Waals surface area (Å²) in [6.07, 6.45) is 4.01. The van der Waals surface area contributed by atoms with Crippen molar-refractivity contribution in [3.05, 3.63) is 29.3 Å². The fraction of sp³-hybridized carbons (Fsp3) is 0.571. The third-order valence-electron chi connectivity index (χ3n) is 4.04. The van der Waals surface area contributed by atoms with E-state index >= 15 is 0 Å². The van der Waals surface area contributed by atoms with E-state index in [0.29, 0.717) is 11.3 Å². The van der Waals surface area contributed by atoms with Crippen LogP contribution < -0.4 is 4.74 Å². The molecular formula is C14H18O. The Balaban J connectivity index is 2.11. The molecule has 1 heterocycles. The average Bonchev–Trinajstić information content (AvgIpc) is 2.55.